The highest BCUT2D eigenvalue weighted by molar-refractivity contribution is 5.89. The van der Waals surface area contributed by atoms with E-state index < -0.39 is 0 Å². The van der Waals surface area contributed by atoms with Crippen molar-refractivity contribution >= 4 is 18.0 Å². The van der Waals surface area contributed by atoms with Crippen molar-refractivity contribution in [2.45, 2.75) is 20.0 Å². The second-order valence-corrected chi connectivity index (χ2v) is 3.99. The highest BCUT2D eigenvalue weighted by atomic mass is 15.7. The molecule has 5 nitrogen and oxygen atoms in total. The number of anilines is 1. The summed E-state index contributed by atoms with van der Waals surface area (Å²) in [4.78, 5) is 8.61. The van der Waals surface area contributed by atoms with E-state index >= 15 is 0 Å². The van der Waals surface area contributed by atoms with Gasteiger partial charge in [0.15, 0.2) is 0 Å². The smallest absolute Gasteiger partial charge is 0.221 e. The van der Waals surface area contributed by atoms with Gasteiger partial charge < -0.3 is 5.32 Å². The van der Waals surface area contributed by atoms with E-state index in [4.69, 9.17) is 0 Å². The predicted octanol–water partition coefficient (Wildman–Crippen LogP) is 1.69. The lowest BCUT2D eigenvalue weighted by molar-refractivity contribution is 0.303. The number of guanidine groups is 1. The summed E-state index contributed by atoms with van der Waals surface area (Å²) in [5.74, 6) is 0.809. The van der Waals surface area contributed by atoms with E-state index in [9.17, 15) is 0 Å². The number of nitrogens with zero attached hydrogens (tertiary/aromatic N) is 4. The second kappa shape index (κ2) is 5.53. The normalized spacial score (nSPS) is 18.5. The topological polar surface area (TPSA) is 43.2 Å². The van der Waals surface area contributed by atoms with Gasteiger partial charge in [0.25, 0.3) is 0 Å². The standard InChI is InChI=1S/C13H19N5/c1-4-17(12-8-6-5-7-9-12)18-11(2)15-10-16-13(18)14-3/h5-11H,4H2,1-3H3,(H,14,15,16). The van der Waals surface area contributed by atoms with Crippen LogP contribution < -0.4 is 10.3 Å². The molecule has 1 aliphatic heterocycles. The van der Waals surface area contributed by atoms with E-state index in [-0.39, 0.29) is 6.17 Å². The SMILES string of the molecule is CCN(c1ccccc1)N1C(NC)=NC=NC1C. The van der Waals surface area contributed by atoms with Gasteiger partial charge in [-0.3, -0.25) is 5.01 Å². The Labute approximate surface area is 108 Å². The van der Waals surface area contributed by atoms with Gasteiger partial charge in [-0.25, -0.2) is 15.0 Å². The molecule has 5 heteroatoms. The number of para-hydroxylation sites is 1. The molecule has 0 aliphatic carbocycles. The Bertz CT molecular complexity index is 440. The van der Waals surface area contributed by atoms with Crippen molar-refractivity contribution < 1.29 is 0 Å². The molecule has 0 aromatic heterocycles. The minimum atomic E-state index is 0.0325. The molecule has 0 saturated carbocycles. The minimum absolute atomic E-state index is 0.0325. The first kappa shape index (κ1) is 12.4. The van der Waals surface area contributed by atoms with E-state index in [0.29, 0.717) is 0 Å². The van der Waals surface area contributed by atoms with Gasteiger partial charge in [0.05, 0.1) is 5.69 Å². The van der Waals surface area contributed by atoms with E-state index in [2.05, 4.69) is 44.4 Å². The summed E-state index contributed by atoms with van der Waals surface area (Å²) < 4.78 is 0. The van der Waals surface area contributed by atoms with Crippen LogP contribution in [0, 0.1) is 0 Å². The molecule has 1 aromatic rings. The van der Waals surface area contributed by atoms with Crippen LogP contribution in [0.15, 0.2) is 40.3 Å². The average molecular weight is 245 g/mol. The molecule has 1 atom stereocenters. The maximum atomic E-state index is 4.34. The van der Waals surface area contributed by atoms with E-state index in [1.54, 1.807) is 6.34 Å². The zero-order valence-electron chi connectivity index (χ0n) is 11.0. The van der Waals surface area contributed by atoms with Crippen LogP contribution in [0.5, 0.6) is 0 Å². The Morgan fingerprint density at radius 3 is 2.67 bits per heavy atom. The maximum absolute atomic E-state index is 4.34. The first-order valence-electron chi connectivity index (χ1n) is 6.16. The van der Waals surface area contributed by atoms with E-state index in [0.717, 1.165) is 18.2 Å². The van der Waals surface area contributed by atoms with Crippen LogP contribution in [0.3, 0.4) is 0 Å². The Hall–Kier alpha value is -2.04. The van der Waals surface area contributed by atoms with Gasteiger partial charge >= 0.3 is 0 Å². The molecule has 0 saturated heterocycles. The molecule has 1 unspecified atom stereocenters. The summed E-state index contributed by atoms with van der Waals surface area (Å²) >= 11 is 0. The molecule has 1 N–H and O–H groups in total. The summed E-state index contributed by atoms with van der Waals surface area (Å²) in [5, 5.41) is 7.34. The van der Waals surface area contributed by atoms with Crippen molar-refractivity contribution in [3.05, 3.63) is 30.3 Å². The molecule has 0 spiro atoms. The third-order valence-corrected chi connectivity index (χ3v) is 2.87. The summed E-state index contributed by atoms with van der Waals surface area (Å²) in [6, 6.07) is 10.3. The van der Waals surface area contributed by atoms with Crippen LogP contribution in [0.1, 0.15) is 13.8 Å². The average Bonchev–Trinajstić information content (AvgIpc) is 2.42. The summed E-state index contributed by atoms with van der Waals surface area (Å²) in [7, 11) is 1.87. The summed E-state index contributed by atoms with van der Waals surface area (Å²) in [6.07, 6.45) is 1.64. The van der Waals surface area contributed by atoms with Crippen molar-refractivity contribution in [1.82, 2.24) is 10.3 Å². The molecule has 0 fully saturated rings. The summed E-state index contributed by atoms with van der Waals surface area (Å²) in [6.45, 7) is 5.02. The monoisotopic (exact) mass is 245 g/mol. The third kappa shape index (κ3) is 2.30. The van der Waals surface area contributed by atoms with Gasteiger partial charge in [0.1, 0.15) is 12.5 Å². The summed E-state index contributed by atoms with van der Waals surface area (Å²) in [5.41, 5.74) is 1.13. The van der Waals surface area contributed by atoms with Crippen molar-refractivity contribution in [2.24, 2.45) is 9.98 Å². The third-order valence-electron chi connectivity index (χ3n) is 2.87. The van der Waals surface area contributed by atoms with Gasteiger partial charge in [-0.1, -0.05) is 18.2 Å². The second-order valence-electron chi connectivity index (χ2n) is 3.99. The molecule has 0 radical (unpaired) electrons. The molecule has 96 valence electrons. The lowest BCUT2D eigenvalue weighted by atomic mass is 10.3. The molecule has 1 heterocycles. The maximum Gasteiger partial charge on any atom is 0.221 e. The zero-order valence-corrected chi connectivity index (χ0v) is 11.0. The van der Waals surface area contributed by atoms with Crippen LogP contribution in [-0.4, -0.2) is 37.1 Å². The van der Waals surface area contributed by atoms with Crippen molar-refractivity contribution in [3.8, 4) is 0 Å². The molecular formula is C13H19N5. The molecule has 1 aromatic carbocycles. The van der Waals surface area contributed by atoms with Crippen LogP contribution in [-0.2, 0) is 0 Å². The fourth-order valence-corrected chi connectivity index (χ4v) is 2.04. The van der Waals surface area contributed by atoms with Crippen molar-refractivity contribution in [1.29, 1.82) is 0 Å². The minimum Gasteiger partial charge on any atom is -0.357 e. The first-order valence-corrected chi connectivity index (χ1v) is 6.16. The van der Waals surface area contributed by atoms with Gasteiger partial charge in [-0.15, -0.1) is 0 Å². The van der Waals surface area contributed by atoms with Crippen LogP contribution >= 0.6 is 0 Å². The number of hydrazine groups is 1. The van der Waals surface area contributed by atoms with Gasteiger partial charge in [0.2, 0.25) is 5.96 Å². The highest BCUT2D eigenvalue weighted by Gasteiger charge is 2.25. The number of hydrogen-bond donors (Lipinski definition) is 1. The molecular weight excluding hydrogens is 226 g/mol. The fraction of sp³-hybridized carbons (Fsp3) is 0.385. The molecule has 1 aliphatic rings. The van der Waals surface area contributed by atoms with Gasteiger partial charge in [-0.05, 0) is 26.0 Å². The Kier molecular flexibility index (Phi) is 3.82. The molecule has 2 rings (SSSR count). The molecule has 0 bridgehead atoms. The Morgan fingerprint density at radius 1 is 1.33 bits per heavy atom. The number of aliphatic imine (C=N–C) groups is 2. The highest BCUT2D eigenvalue weighted by Crippen LogP contribution is 2.19. The fourth-order valence-electron chi connectivity index (χ4n) is 2.04. The number of benzene rings is 1. The van der Waals surface area contributed by atoms with Crippen LogP contribution in [0.2, 0.25) is 0 Å². The van der Waals surface area contributed by atoms with Gasteiger partial charge in [0, 0.05) is 13.6 Å². The Balaban J connectivity index is 2.32. The Morgan fingerprint density at radius 2 is 2.06 bits per heavy atom. The molecule has 0 amide bonds. The van der Waals surface area contributed by atoms with Gasteiger partial charge in [-0.2, -0.15) is 0 Å². The lowest BCUT2D eigenvalue weighted by Gasteiger charge is -2.40. The molecule has 18 heavy (non-hydrogen) atoms. The predicted molar refractivity (Wildman–Crippen MR) is 75.7 cm³/mol. The van der Waals surface area contributed by atoms with Crippen LogP contribution in [0.25, 0.3) is 0 Å². The van der Waals surface area contributed by atoms with E-state index in [1.165, 1.54) is 0 Å². The number of rotatable bonds is 3. The number of nitrogens with one attached hydrogen (secondary N) is 1. The zero-order chi connectivity index (χ0) is 13.0. The largest absolute Gasteiger partial charge is 0.357 e. The first-order chi connectivity index (χ1) is 8.77. The van der Waals surface area contributed by atoms with Crippen LogP contribution in [0.4, 0.5) is 5.69 Å². The number of hydrogen-bond acceptors (Lipinski definition) is 5. The van der Waals surface area contributed by atoms with E-state index in [1.807, 2.05) is 32.2 Å². The van der Waals surface area contributed by atoms with Crippen molar-refractivity contribution in [2.75, 3.05) is 18.6 Å². The van der Waals surface area contributed by atoms with Crippen molar-refractivity contribution in [3.63, 3.8) is 0 Å². The quantitative estimate of drug-likeness (QED) is 0.881. The lowest BCUT2D eigenvalue weighted by Crippen LogP contribution is -2.56.